The Labute approximate surface area is 92.8 Å². The van der Waals surface area contributed by atoms with Crippen molar-refractivity contribution in [2.45, 2.75) is 19.1 Å². The number of thiazole rings is 1. The zero-order chi connectivity index (χ0) is 11.5. The Morgan fingerprint density at radius 1 is 1.67 bits per heavy atom. The van der Waals surface area contributed by atoms with Crippen LogP contribution in [0.25, 0.3) is 0 Å². The lowest BCUT2D eigenvalue weighted by atomic mass is 10.5. The molecule has 84 valence electrons. The van der Waals surface area contributed by atoms with Crippen molar-refractivity contribution < 1.29 is 8.42 Å². The first kappa shape index (κ1) is 12.1. The quantitative estimate of drug-likeness (QED) is 0.592. The zero-order valence-corrected chi connectivity index (χ0v) is 9.99. The smallest absolute Gasteiger partial charge is 0.156 e. The second-order valence-corrected chi connectivity index (χ2v) is 6.42. The van der Waals surface area contributed by atoms with E-state index in [0.29, 0.717) is 16.3 Å². The van der Waals surface area contributed by atoms with Gasteiger partial charge >= 0.3 is 0 Å². The zero-order valence-electron chi connectivity index (χ0n) is 8.36. The number of sulfone groups is 1. The van der Waals surface area contributed by atoms with Crippen LogP contribution in [0, 0.1) is 5.41 Å². The lowest BCUT2D eigenvalue weighted by molar-refractivity contribution is 0.594. The van der Waals surface area contributed by atoms with Crippen LogP contribution in [-0.2, 0) is 15.6 Å². The summed E-state index contributed by atoms with van der Waals surface area (Å²) in [6.07, 6.45) is 2.04. The van der Waals surface area contributed by atoms with Gasteiger partial charge in [0.25, 0.3) is 0 Å². The van der Waals surface area contributed by atoms with Crippen molar-refractivity contribution in [2.75, 3.05) is 5.75 Å². The van der Waals surface area contributed by atoms with Crippen molar-refractivity contribution in [3.63, 3.8) is 0 Å². The highest BCUT2D eigenvalue weighted by molar-refractivity contribution is 7.90. The van der Waals surface area contributed by atoms with Crippen LogP contribution in [0.15, 0.2) is 6.20 Å². The van der Waals surface area contributed by atoms with E-state index in [9.17, 15) is 8.42 Å². The van der Waals surface area contributed by atoms with Crippen LogP contribution >= 0.6 is 11.3 Å². The molecule has 0 spiro atoms. The van der Waals surface area contributed by atoms with Gasteiger partial charge in [-0.1, -0.05) is 6.92 Å². The molecule has 5 nitrogen and oxygen atoms in total. The highest BCUT2D eigenvalue weighted by atomic mass is 32.2. The van der Waals surface area contributed by atoms with E-state index >= 15 is 0 Å². The Bertz CT molecular complexity index is 450. The molecule has 7 heteroatoms. The molecule has 0 radical (unpaired) electrons. The number of nitrogens with two attached hydrogens (primary N) is 1. The first-order valence-corrected chi connectivity index (χ1v) is 7.08. The Balaban J connectivity index is 2.77. The van der Waals surface area contributed by atoms with E-state index < -0.39 is 9.84 Å². The van der Waals surface area contributed by atoms with Gasteiger partial charge in [0, 0.05) is 6.20 Å². The molecule has 0 aliphatic heterocycles. The van der Waals surface area contributed by atoms with Gasteiger partial charge < -0.3 is 5.73 Å². The van der Waals surface area contributed by atoms with Crippen LogP contribution in [0.1, 0.15) is 23.2 Å². The van der Waals surface area contributed by atoms with Gasteiger partial charge in [0.2, 0.25) is 0 Å². The topological polar surface area (TPSA) is 96.9 Å². The lowest BCUT2D eigenvalue weighted by Gasteiger charge is -1.98. The summed E-state index contributed by atoms with van der Waals surface area (Å²) in [5, 5.41) is 7.65. The van der Waals surface area contributed by atoms with Crippen LogP contribution in [0.5, 0.6) is 0 Å². The summed E-state index contributed by atoms with van der Waals surface area (Å²) < 4.78 is 22.9. The molecule has 0 saturated heterocycles. The molecule has 0 fully saturated rings. The second-order valence-electron chi connectivity index (χ2n) is 3.12. The monoisotopic (exact) mass is 247 g/mol. The van der Waals surface area contributed by atoms with Crippen LogP contribution < -0.4 is 5.73 Å². The summed E-state index contributed by atoms with van der Waals surface area (Å²) in [4.78, 5) is 4.43. The van der Waals surface area contributed by atoms with E-state index in [4.69, 9.17) is 11.1 Å². The second kappa shape index (κ2) is 4.71. The summed E-state index contributed by atoms with van der Waals surface area (Å²) >= 11 is 1.15. The number of hydrogen-bond donors (Lipinski definition) is 2. The van der Waals surface area contributed by atoms with Crippen molar-refractivity contribution >= 4 is 27.0 Å². The fourth-order valence-electron chi connectivity index (χ4n) is 1.07. The molecule has 0 aromatic carbocycles. The molecular formula is C8H13N3O2S2. The molecule has 0 aliphatic carbocycles. The Hall–Kier alpha value is -0.950. The van der Waals surface area contributed by atoms with Crippen LogP contribution in [0.3, 0.4) is 0 Å². The Kier molecular flexibility index (Phi) is 3.81. The summed E-state index contributed by atoms with van der Waals surface area (Å²) in [6.45, 7) is 1.82. The average molecular weight is 247 g/mol. The first-order chi connectivity index (χ1) is 6.94. The maximum atomic E-state index is 11.5. The Morgan fingerprint density at radius 3 is 2.80 bits per heavy atom. The third-order valence-corrected chi connectivity index (χ3v) is 4.63. The van der Waals surface area contributed by atoms with Gasteiger partial charge in [-0.15, -0.1) is 11.3 Å². The number of nitrogens with one attached hydrogen (secondary N) is 1. The van der Waals surface area contributed by atoms with Crippen molar-refractivity contribution in [3.05, 3.63) is 16.1 Å². The maximum absolute atomic E-state index is 11.5. The van der Waals surface area contributed by atoms with Gasteiger partial charge in [-0.25, -0.2) is 13.4 Å². The molecule has 0 aliphatic rings. The van der Waals surface area contributed by atoms with Crippen molar-refractivity contribution in [1.29, 1.82) is 5.41 Å². The van der Waals surface area contributed by atoms with Crippen LogP contribution in [0.4, 0.5) is 0 Å². The molecule has 1 heterocycles. The van der Waals surface area contributed by atoms with Crippen LogP contribution in [0.2, 0.25) is 0 Å². The van der Waals surface area contributed by atoms with Gasteiger partial charge in [-0.05, 0) is 6.42 Å². The molecular weight excluding hydrogens is 234 g/mol. The van der Waals surface area contributed by atoms with E-state index in [1.54, 1.807) is 0 Å². The highest BCUT2D eigenvalue weighted by Crippen LogP contribution is 2.15. The summed E-state index contributed by atoms with van der Waals surface area (Å²) in [7, 11) is -3.06. The van der Waals surface area contributed by atoms with E-state index in [0.717, 1.165) is 11.3 Å². The Morgan fingerprint density at radius 2 is 2.33 bits per heavy atom. The number of rotatable bonds is 5. The molecule has 0 amide bonds. The van der Waals surface area contributed by atoms with Crippen molar-refractivity contribution in [3.8, 4) is 0 Å². The van der Waals surface area contributed by atoms with Gasteiger partial charge in [-0.3, -0.25) is 5.41 Å². The third kappa shape index (κ3) is 3.60. The summed E-state index contributed by atoms with van der Waals surface area (Å²) in [6, 6.07) is 0. The van der Waals surface area contributed by atoms with Crippen LogP contribution in [-0.4, -0.2) is 25.0 Å². The minimum atomic E-state index is -3.06. The predicted octanol–water partition coefficient (Wildman–Crippen LogP) is 0.752. The highest BCUT2D eigenvalue weighted by Gasteiger charge is 2.14. The van der Waals surface area contributed by atoms with E-state index in [1.165, 1.54) is 6.20 Å². The van der Waals surface area contributed by atoms with E-state index in [1.807, 2.05) is 6.92 Å². The number of aromatic nitrogens is 1. The maximum Gasteiger partial charge on any atom is 0.156 e. The average Bonchev–Trinajstić information content (AvgIpc) is 2.51. The molecule has 0 unspecified atom stereocenters. The van der Waals surface area contributed by atoms with E-state index in [-0.39, 0.29) is 17.3 Å². The molecule has 0 bridgehead atoms. The molecule has 3 N–H and O–H groups in total. The van der Waals surface area contributed by atoms with Crippen molar-refractivity contribution in [2.24, 2.45) is 5.73 Å². The lowest BCUT2D eigenvalue weighted by Crippen LogP contribution is -2.08. The largest absolute Gasteiger partial charge is 0.383 e. The standard InChI is InChI=1S/C8H13N3O2S2/c1-2-3-15(12,13)5-7-11-4-6(14-7)8(9)10/h4H,2-3,5H2,1H3,(H3,9,10). The fourth-order valence-corrected chi connectivity index (χ4v) is 3.64. The number of hydrogen-bond acceptors (Lipinski definition) is 5. The first-order valence-electron chi connectivity index (χ1n) is 4.44. The van der Waals surface area contributed by atoms with Gasteiger partial charge in [0.05, 0.1) is 10.6 Å². The summed E-state index contributed by atoms with van der Waals surface area (Å²) in [5.74, 6) is 0.0347. The molecule has 1 aromatic heterocycles. The van der Waals surface area contributed by atoms with Gasteiger partial charge in [0.1, 0.15) is 16.6 Å². The fraction of sp³-hybridized carbons (Fsp3) is 0.500. The van der Waals surface area contributed by atoms with Gasteiger partial charge in [-0.2, -0.15) is 0 Å². The SMILES string of the molecule is CCCS(=O)(=O)Cc1ncc(C(=N)N)s1. The number of nitrogens with zero attached hydrogens (tertiary/aromatic N) is 1. The predicted molar refractivity (Wildman–Crippen MR) is 60.9 cm³/mol. The van der Waals surface area contributed by atoms with E-state index in [2.05, 4.69) is 4.98 Å². The molecule has 1 rings (SSSR count). The van der Waals surface area contributed by atoms with Gasteiger partial charge in [0.15, 0.2) is 9.84 Å². The minimum Gasteiger partial charge on any atom is -0.383 e. The number of amidine groups is 1. The summed E-state index contributed by atoms with van der Waals surface area (Å²) in [5.41, 5.74) is 5.25. The molecule has 0 saturated carbocycles. The molecule has 15 heavy (non-hydrogen) atoms. The molecule has 1 aromatic rings. The minimum absolute atomic E-state index is 0.0568. The third-order valence-electron chi connectivity index (χ3n) is 1.68. The normalized spacial score (nSPS) is 11.5. The number of nitrogen functional groups attached to an aromatic ring is 1. The molecule has 0 atom stereocenters. The van der Waals surface area contributed by atoms with Crippen molar-refractivity contribution in [1.82, 2.24) is 4.98 Å².